The Morgan fingerprint density at radius 2 is 1.71 bits per heavy atom. The van der Waals surface area contributed by atoms with E-state index in [1.54, 1.807) is 13.0 Å². The largest absolute Gasteiger partial charge is 0.488 e. The SMILES string of the molecule is CCO[C@@H](Cc1ccc(OC/C=C\C#Cc2cc(C(F)(F)F)cc(C(F)(F)F)c2)c(Cl)c1)C(=O)O. The van der Waals surface area contributed by atoms with Gasteiger partial charge in [-0.15, -0.1) is 0 Å². The van der Waals surface area contributed by atoms with E-state index in [0.29, 0.717) is 17.7 Å². The molecular weight excluding hydrogens is 502 g/mol. The van der Waals surface area contributed by atoms with Crippen molar-refractivity contribution < 1.29 is 45.7 Å². The normalized spacial score (nSPS) is 12.8. The Hall–Kier alpha value is -3.16. The Balaban J connectivity index is 2.03. The smallest absolute Gasteiger partial charge is 0.416 e. The fraction of sp³-hybridized carbons (Fsp3) is 0.292. The minimum atomic E-state index is -4.95. The lowest BCUT2D eigenvalue weighted by Crippen LogP contribution is -2.26. The Bertz CT molecular complexity index is 1100. The number of carboxylic acids is 1. The molecule has 0 aromatic heterocycles. The van der Waals surface area contributed by atoms with Crippen LogP contribution in [-0.2, 0) is 28.3 Å². The highest BCUT2D eigenvalue weighted by Crippen LogP contribution is 2.36. The number of rotatable bonds is 8. The van der Waals surface area contributed by atoms with E-state index in [1.807, 2.05) is 0 Å². The number of ether oxygens (including phenoxy) is 2. The minimum Gasteiger partial charge on any atom is -0.488 e. The number of aliphatic carboxylic acids is 1. The van der Waals surface area contributed by atoms with Crippen molar-refractivity contribution in [2.24, 2.45) is 0 Å². The van der Waals surface area contributed by atoms with Gasteiger partial charge in [0.1, 0.15) is 12.4 Å². The Labute approximate surface area is 202 Å². The Kier molecular flexibility index (Phi) is 9.63. The molecule has 0 amide bonds. The highest BCUT2D eigenvalue weighted by atomic mass is 35.5. The quantitative estimate of drug-likeness (QED) is 0.323. The fourth-order valence-corrected chi connectivity index (χ4v) is 3.08. The second-order valence-electron chi connectivity index (χ2n) is 7.03. The fourth-order valence-electron chi connectivity index (χ4n) is 2.82. The van der Waals surface area contributed by atoms with Crippen LogP contribution in [0.15, 0.2) is 48.6 Å². The lowest BCUT2D eigenvalue weighted by molar-refractivity contribution is -0.150. The number of carboxylic acid groups (broad SMARTS) is 1. The minimum absolute atomic E-state index is 0.0303. The summed E-state index contributed by atoms with van der Waals surface area (Å²) >= 11 is 6.14. The van der Waals surface area contributed by atoms with Gasteiger partial charge in [0.15, 0.2) is 6.10 Å². The predicted octanol–water partition coefficient (Wildman–Crippen LogP) is 6.40. The number of hydrogen-bond acceptors (Lipinski definition) is 3. The van der Waals surface area contributed by atoms with Crippen LogP contribution in [0, 0.1) is 11.8 Å². The number of alkyl halides is 6. The third-order valence-corrected chi connectivity index (χ3v) is 4.70. The van der Waals surface area contributed by atoms with Gasteiger partial charge in [-0.1, -0.05) is 29.5 Å². The summed E-state index contributed by atoms with van der Waals surface area (Å²) in [4.78, 5) is 11.2. The highest BCUT2D eigenvalue weighted by Gasteiger charge is 2.36. The average molecular weight is 521 g/mol. The second-order valence-corrected chi connectivity index (χ2v) is 7.44. The second kappa shape index (κ2) is 12.0. The third kappa shape index (κ3) is 8.85. The van der Waals surface area contributed by atoms with Crippen molar-refractivity contribution in [3.8, 4) is 17.6 Å². The van der Waals surface area contributed by atoms with Crippen LogP contribution in [-0.4, -0.2) is 30.4 Å². The number of allylic oxidation sites excluding steroid dienone is 1. The first-order valence-corrected chi connectivity index (χ1v) is 10.4. The molecule has 11 heteroatoms. The van der Waals surface area contributed by atoms with Crippen LogP contribution in [0.2, 0.25) is 5.02 Å². The van der Waals surface area contributed by atoms with Gasteiger partial charge in [0, 0.05) is 18.6 Å². The standard InChI is InChI=1S/C24H19ClF6O4/c1-2-34-21(22(32)33)13-16-7-8-20(19(25)12-16)35-9-5-3-4-6-15-10-17(23(26,27)28)14-18(11-15)24(29,30)31/h3,5,7-8,10-12,14,21H,2,9,13H2,1H3,(H,32,33)/b5-3-/t21-/m0/s1. The van der Waals surface area contributed by atoms with Crippen LogP contribution in [0.3, 0.4) is 0 Å². The number of carbonyl (C=O) groups is 1. The molecule has 1 N–H and O–H groups in total. The van der Waals surface area contributed by atoms with Crippen molar-refractivity contribution in [1.29, 1.82) is 0 Å². The van der Waals surface area contributed by atoms with Gasteiger partial charge in [0.2, 0.25) is 0 Å². The van der Waals surface area contributed by atoms with Gasteiger partial charge in [0.25, 0.3) is 0 Å². The van der Waals surface area contributed by atoms with E-state index in [1.165, 1.54) is 24.3 Å². The molecule has 4 nitrogen and oxygen atoms in total. The molecule has 0 fully saturated rings. The van der Waals surface area contributed by atoms with Gasteiger partial charge in [-0.05, 0) is 55.0 Å². The maximum atomic E-state index is 12.9. The van der Waals surface area contributed by atoms with E-state index in [0.717, 1.165) is 0 Å². The van der Waals surface area contributed by atoms with Crippen LogP contribution in [0.4, 0.5) is 26.3 Å². The van der Waals surface area contributed by atoms with Crippen molar-refractivity contribution >= 4 is 17.6 Å². The van der Waals surface area contributed by atoms with Crippen LogP contribution in [0.25, 0.3) is 0 Å². The summed E-state index contributed by atoms with van der Waals surface area (Å²) in [6.45, 7) is 1.87. The maximum absolute atomic E-state index is 12.9. The van der Waals surface area contributed by atoms with Gasteiger partial charge in [-0.3, -0.25) is 0 Å². The molecule has 0 aliphatic rings. The molecule has 2 rings (SSSR count). The van der Waals surface area contributed by atoms with Gasteiger partial charge in [-0.2, -0.15) is 26.3 Å². The highest BCUT2D eigenvalue weighted by molar-refractivity contribution is 6.32. The molecule has 0 aliphatic carbocycles. The first kappa shape index (κ1) is 28.1. The molecule has 0 spiro atoms. The predicted molar refractivity (Wildman–Crippen MR) is 116 cm³/mol. The van der Waals surface area contributed by atoms with Crippen molar-refractivity contribution in [2.45, 2.75) is 31.8 Å². The summed E-state index contributed by atoms with van der Waals surface area (Å²) in [5, 5.41) is 9.36. The molecule has 0 aliphatic heterocycles. The Morgan fingerprint density at radius 3 is 2.23 bits per heavy atom. The summed E-state index contributed by atoms with van der Waals surface area (Å²) in [5.74, 6) is 3.79. The topological polar surface area (TPSA) is 55.8 Å². The summed E-state index contributed by atoms with van der Waals surface area (Å²) in [6, 6.07) is 5.78. The van der Waals surface area contributed by atoms with Crippen LogP contribution in [0.5, 0.6) is 5.75 Å². The van der Waals surface area contributed by atoms with Crippen LogP contribution >= 0.6 is 11.6 Å². The van der Waals surface area contributed by atoms with Crippen molar-refractivity contribution in [2.75, 3.05) is 13.2 Å². The first-order valence-electron chi connectivity index (χ1n) is 10.0. The lowest BCUT2D eigenvalue weighted by Gasteiger charge is -2.13. The lowest BCUT2D eigenvalue weighted by atomic mass is 10.0. The monoisotopic (exact) mass is 520 g/mol. The molecule has 35 heavy (non-hydrogen) atoms. The molecule has 1 atom stereocenters. The van der Waals surface area contributed by atoms with E-state index in [2.05, 4.69) is 11.8 Å². The molecule has 2 aromatic carbocycles. The van der Waals surface area contributed by atoms with Crippen LogP contribution < -0.4 is 4.74 Å². The summed E-state index contributed by atoms with van der Waals surface area (Å²) in [7, 11) is 0. The molecule has 0 heterocycles. The van der Waals surface area contributed by atoms with E-state index in [-0.39, 0.29) is 36.5 Å². The number of benzene rings is 2. The first-order chi connectivity index (χ1) is 16.3. The zero-order valence-corrected chi connectivity index (χ0v) is 18.9. The molecular formula is C24H19ClF6O4. The maximum Gasteiger partial charge on any atom is 0.416 e. The zero-order valence-electron chi connectivity index (χ0n) is 18.1. The van der Waals surface area contributed by atoms with Gasteiger partial charge < -0.3 is 14.6 Å². The molecule has 0 bridgehead atoms. The van der Waals surface area contributed by atoms with Crippen molar-refractivity contribution in [3.63, 3.8) is 0 Å². The van der Waals surface area contributed by atoms with E-state index < -0.39 is 41.1 Å². The van der Waals surface area contributed by atoms with Crippen LogP contribution in [0.1, 0.15) is 29.2 Å². The molecule has 0 unspecified atom stereocenters. The molecule has 188 valence electrons. The molecule has 0 radical (unpaired) electrons. The van der Waals surface area contributed by atoms with Gasteiger partial charge >= 0.3 is 18.3 Å². The zero-order chi connectivity index (χ0) is 26.2. The number of hydrogen-bond donors (Lipinski definition) is 1. The van der Waals surface area contributed by atoms with Crippen molar-refractivity contribution in [1.82, 2.24) is 0 Å². The summed E-state index contributed by atoms with van der Waals surface area (Å²) < 4.78 is 87.9. The molecule has 2 aromatic rings. The average Bonchev–Trinajstić information content (AvgIpc) is 2.75. The molecule has 0 saturated heterocycles. The summed E-state index contributed by atoms with van der Waals surface area (Å²) in [6.07, 6.45) is -8.21. The van der Waals surface area contributed by atoms with E-state index in [9.17, 15) is 31.1 Å². The van der Waals surface area contributed by atoms with Gasteiger partial charge in [0.05, 0.1) is 16.1 Å². The Morgan fingerprint density at radius 1 is 1.09 bits per heavy atom. The molecule has 0 saturated carbocycles. The van der Waals surface area contributed by atoms with Gasteiger partial charge in [-0.25, -0.2) is 4.79 Å². The third-order valence-electron chi connectivity index (χ3n) is 4.40. The van der Waals surface area contributed by atoms with E-state index >= 15 is 0 Å². The van der Waals surface area contributed by atoms with Crippen molar-refractivity contribution in [3.05, 3.63) is 75.8 Å². The van der Waals surface area contributed by atoms with E-state index in [4.69, 9.17) is 26.2 Å². The summed E-state index contributed by atoms with van der Waals surface area (Å²) in [5.41, 5.74) is -2.72. The number of halogens is 7.